The topological polar surface area (TPSA) is 52.4 Å². The lowest BCUT2D eigenvalue weighted by Gasteiger charge is -2.13. The van der Waals surface area contributed by atoms with Gasteiger partial charge < -0.3 is 4.74 Å². The van der Waals surface area contributed by atoms with Gasteiger partial charge >= 0.3 is 6.18 Å². The van der Waals surface area contributed by atoms with Crippen LogP contribution in [0.25, 0.3) is 0 Å². The summed E-state index contributed by atoms with van der Waals surface area (Å²) in [7, 11) is 0. The zero-order valence-corrected chi connectivity index (χ0v) is 12.4. The number of nitro benzene ring substituents is 1. The minimum atomic E-state index is -4.75. The predicted molar refractivity (Wildman–Crippen MR) is 77.3 cm³/mol. The van der Waals surface area contributed by atoms with E-state index in [1.54, 1.807) is 12.1 Å². The van der Waals surface area contributed by atoms with Crippen LogP contribution < -0.4 is 4.74 Å². The second-order valence-electron chi connectivity index (χ2n) is 3.99. The van der Waals surface area contributed by atoms with Crippen LogP contribution in [-0.2, 0) is 6.18 Å². The highest BCUT2D eigenvalue weighted by Gasteiger charge is 2.36. The van der Waals surface area contributed by atoms with Crippen LogP contribution in [0.15, 0.2) is 42.5 Å². The Bertz CT molecular complexity index is 671. The maximum absolute atomic E-state index is 13.0. The van der Waals surface area contributed by atoms with Crippen molar-refractivity contribution in [2.45, 2.75) is 6.18 Å². The van der Waals surface area contributed by atoms with Crippen LogP contribution >= 0.6 is 22.6 Å². The van der Waals surface area contributed by atoms with Crippen LogP contribution in [0.5, 0.6) is 11.5 Å². The lowest BCUT2D eigenvalue weighted by atomic mass is 10.1. The lowest BCUT2D eigenvalue weighted by molar-refractivity contribution is -0.385. The molecular weight excluding hydrogens is 402 g/mol. The van der Waals surface area contributed by atoms with E-state index in [-0.39, 0.29) is 5.75 Å². The van der Waals surface area contributed by atoms with Crippen molar-refractivity contribution >= 4 is 28.3 Å². The lowest BCUT2D eigenvalue weighted by Crippen LogP contribution is -2.08. The molecule has 2 aromatic carbocycles. The van der Waals surface area contributed by atoms with Crippen molar-refractivity contribution in [3.8, 4) is 11.5 Å². The summed E-state index contributed by atoms with van der Waals surface area (Å²) in [5.41, 5.74) is -1.83. The molecule has 0 atom stereocenters. The van der Waals surface area contributed by atoms with E-state index in [4.69, 9.17) is 4.74 Å². The molecule has 0 fully saturated rings. The first kappa shape index (κ1) is 15.5. The van der Waals surface area contributed by atoms with Crippen LogP contribution in [0.4, 0.5) is 18.9 Å². The molecule has 8 heteroatoms. The third-order valence-electron chi connectivity index (χ3n) is 2.52. The molecule has 0 unspecified atom stereocenters. The van der Waals surface area contributed by atoms with E-state index in [2.05, 4.69) is 0 Å². The molecule has 0 saturated heterocycles. The van der Waals surface area contributed by atoms with Gasteiger partial charge in [-0.2, -0.15) is 13.2 Å². The molecule has 2 rings (SSSR count). The molecule has 0 heterocycles. The summed E-state index contributed by atoms with van der Waals surface area (Å²) < 4.78 is 44.9. The summed E-state index contributed by atoms with van der Waals surface area (Å²) in [6, 6.07) is 8.76. The number of nitrogens with zero attached hydrogens (tertiary/aromatic N) is 1. The molecule has 21 heavy (non-hydrogen) atoms. The van der Waals surface area contributed by atoms with Crippen molar-refractivity contribution < 1.29 is 22.8 Å². The third-order valence-corrected chi connectivity index (χ3v) is 3.24. The zero-order valence-electron chi connectivity index (χ0n) is 10.2. The minimum absolute atomic E-state index is 0.217. The van der Waals surface area contributed by atoms with Gasteiger partial charge in [0.25, 0.3) is 5.69 Å². The summed E-state index contributed by atoms with van der Waals surface area (Å²) in [6.07, 6.45) is -4.75. The standard InChI is InChI=1S/C13H7F3INO3/c14-13(15,16)11-7-9(18(19)20)3-6-12(11)21-10-4-1-8(17)2-5-10/h1-7H. The predicted octanol–water partition coefficient (Wildman–Crippen LogP) is 5.01. The molecule has 0 spiro atoms. The Morgan fingerprint density at radius 1 is 1.10 bits per heavy atom. The van der Waals surface area contributed by atoms with Gasteiger partial charge in [-0.25, -0.2) is 0 Å². The minimum Gasteiger partial charge on any atom is -0.457 e. The number of alkyl halides is 3. The van der Waals surface area contributed by atoms with E-state index < -0.39 is 28.1 Å². The van der Waals surface area contributed by atoms with E-state index in [1.165, 1.54) is 12.1 Å². The maximum atomic E-state index is 13.0. The van der Waals surface area contributed by atoms with Crippen LogP contribution in [-0.4, -0.2) is 4.92 Å². The summed E-state index contributed by atoms with van der Waals surface area (Å²) in [4.78, 5) is 9.70. The summed E-state index contributed by atoms with van der Waals surface area (Å²) >= 11 is 2.05. The van der Waals surface area contributed by atoms with Crippen molar-refractivity contribution in [1.29, 1.82) is 0 Å². The van der Waals surface area contributed by atoms with Crippen LogP contribution in [0, 0.1) is 13.7 Å². The Morgan fingerprint density at radius 2 is 1.71 bits per heavy atom. The Labute approximate surface area is 130 Å². The van der Waals surface area contributed by atoms with Crippen molar-refractivity contribution in [2.75, 3.05) is 0 Å². The van der Waals surface area contributed by atoms with Gasteiger partial charge in [-0.1, -0.05) is 0 Å². The van der Waals surface area contributed by atoms with Crippen LogP contribution in [0.3, 0.4) is 0 Å². The molecule has 0 N–H and O–H groups in total. The number of rotatable bonds is 3. The highest BCUT2D eigenvalue weighted by atomic mass is 127. The van der Waals surface area contributed by atoms with E-state index in [9.17, 15) is 23.3 Å². The van der Waals surface area contributed by atoms with Gasteiger partial charge in [0.15, 0.2) is 0 Å². The van der Waals surface area contributed by atoms with Gasteiger partial charge in [0.2, 0.25) is 0 Å². The molecule has 0 aliphatic rings. The van der Waals surface area contributed by atoms with Crippen molar-refractivity contribution in [1.82, 2.24) is 0 Å². The van der Waals surface area contributed by atoms with Crippen LogP contribution in [0.1, 0.15) is 5.56 Å². The molecule has 0 bridgehead atoms. The summed E-state index contributed by atoms with van der Waals surface area (Å²) in [6.45, 7) is 0. The SMILES string of the molecule is O=[N+]([O-])c1ccc(Oc2ccc(I)cc2)c(C(F)(F)F)c1. The summed E-state index contributed by atoms with van der Waals surface area (Å²) in [5.74, 6) is -0.260. The van der Waals surface area contributed by atoms with Gasteiger partial charge in [-0.3, -0.25) is 10.1 Å². The van der Waals surface area contributed by atoms with Gasteiger partial charge in [0.05, 0.1) is 4.92 Å². The average Bonchev–Trinajstić information content (AvgIpc) is 2.40. The molecule has 2 aromatic rings. The molecule has 110 valence electrons. The molecule has 0 amide bonds. The monoisotopic (exact) mass is 409 g/mol. The average molecular weight is 409 g/mol. The van der Waals surface area contributed by atoms with Gasteiger partial charge in [0, 0.05) is 15.7 Å². The molecular formula is C13H7F3INO3. The second kappa shape index (κ2) is 5.88. The number of hydrogen-bond donors (Lipinski definition) is 0. The largest absolute Gasteiger partial charge is 0.457 e. The Morgan fingerprint density at radius 3 is 2.24 bits per heavy atom. The fourth-order valence-corrected chi connectivity index (χ4v) is 1.93. The molecule has 0 radical (unpaired) electrons. The Kier molecular flexibility index (Phi) is 4.35. The number of hydrogen-bond acceptors (Lipinski definition) is 3. The number of ether oxygens (including phenoxy) is 1. The number of non-ortho nitro benzene ring substituents is 1. The van der Waals surface area contributed by atoms with Gasteiger partial charge in [-0.15, -0.1) is 0 Å². The first-order valence-corrected chi connectivity index (χ1v) is 6.64. The van der Waals surface area contributed by atoms with Crippen LogP contribution in [0.2, 0.25) is 0 Å². The fourth-order valence-electron chi connectivity index (χ4n) is 1.57. The highest BCUT2D eigenvalue weighted by Crippen LogP contribution is 2.40. The van der Waals surface area contributed by atoms with Crippen molar-refractivity contribution in [3.05, 3.63) is 61.7 Å². The fraction of sp³-hybridized carbons (Fsp3) is 0.0769. The van der Waals surface area contributed by atoms with Crippen molar-refractivity contribution in [2.24, 2.45) is 0 Å². The van der Waals surface area contributed by atoms with E-state index >= 15 is 0 Å². The number of nitro groups is 1. The maximum Gasteiger partial charge on any atom is 0.420 e. The van der Waals surface area contributed by atoms with E-state index in [0.29, 0.717) is 6.07 Å². The Hall–Kier alpha value is -1.84. The molecule has 0 aromatic heterocycles. The molecule has 0 saturated carbocycles. The number of halogens is 4. The smallest absolute Gasteiger partial charge is 0.420 e. The second-order valence-corrected chi connectivity index (χ2v) is 5.24. The normalized spacial score (nSPS) is 11.2. The quantitative estimate of drug-likeness (QED) is 0.407. The first-order chi connectivity index (χ1) is 9.77. The van der Waals surface area contributed by atoms with Gasteiger partial charge in [0.1, 0.15) is 17.1 Å². The highest BCUT2D eigenvalue weighted by molar-refractivity contribution is 14.1. The van der Waals surface area contributed by atoms with E-state index in [1.807, 2.05) is 22.6 Å². The molecule has 0 aliphatic heterocycles. The Balaban J connectivity index is 2.43. The van der Waals surface area contributed by atoms with Crippen molar-refractivity contribution in [3.63, 3.8) is 0 Å². The zero-order chi connectivity index (χ0) is 15.6. The molecule has 4 nitrogen and oxygen atoms in total. The number of benzene rings is 2. The summed E-state index contributed by atoms with van der Waals surface area (Å²) in [5, 5.41) is 10.6. The van der Waals surface area contributed by atoms with Gasteiger partial charge in [-0.05, 0) is 52.9 Å². The molecule has 0 aliphatic carbocycles. The third kappa shape index (κ3) is 3.84. The first-order valence-electron chi connectivity index (χ1n) is 5.56. The van der Waals surface area contributed by atoms with E-state index in [0.717, 1.165) is 15.7 Å².